The fraction of sp³-hybridized carbons (Fsp3) is 0.923. The molecule has 0 aliphatic heterocycles. The van der Waals surface area contributed by atoms with Gasteiger partial charge in [-0.25, -0.2) is 13.1 Å². The van der Waals surface area contributed by atoms with E-state index in [1.807, 2.05) is 0 Å². The maximum atomic E-state index is 12.2. The van der Waals surface area contributed by atoms with Crippen molar-refractivity contribution >= 4 is 16.0 Å². The summed E-state index contributed by atoms with van der Waals surface area (Å²) >= 11 is 0. The Morgan fingerprint density at radius 3 is 2.47 bits per heavy atom. The fourth-order valence-electron chi connectivity index (χ4n) is 2.39. The Morgan fingerprint density at radius 1 is 1.32 bits per heavy atom. The third-order valence-electron chi connectivity index (χ3n) is 3.53. The molecule has 1 aliphatic rings. The van der Waals surface area contributed by atoms with Crippen LogP contribution in [-0.4, -0.2) is 33.3 Å². The summed E-state index contributed by atoms with van der Waals surface area (Å²) in [6, 6.07) is 0. The van der Waals surface area contributed by atoms with Crippen LogP contribution in [-0.2, 0) is 19.6 Å². The van der Waals surface area contributed by atoms with Gasteiger partial charge in [-0.15, -0.1) is 0 Å². The zero-order chi connectivity index (χ0) is 14.7. The SMILES string of the molecule is COC(=O)C1CCCC1S(=O)(=O)NCCC(C)(C)C. The van der Waals surface area contributed by atoms with Gasteiger partial charge in [0.2, 0.25) is 10.0 Å². The van der Waals surface area contributed by atoms with Crippen LogP contribution in [0.1, 0.15) is 46.5 Å². The first-order valence-corrected chi connectivity index (χ1v) is 8.28. The van der Waals surface area contributed by atoms with Crippen LogP contribution in [0.5, 0.6) is 0 Å². The maximum absolute atomic E-state index is 12.2. The highest BCUT2D eigenvalue weighted by atomic mass is 32.2. The van der Waals surface area contributed by atoms with Crippen molar-refractivity contribution in [3.8, 4) is 0 Å². The number of methoxy groups -OCH3 is 1. The van der Waals surface area contributed by atoms with Crippen LogP contribution in [0.2, 0.25) is 0 Å². The molecule has 1 N–H and O–H groups in total. The molecule has 0 saturated heterocycles. The smallest absolute Gasteiger partial charge is 0.310 e. The molecule has 1 aliphatic carbocycles. The van der Waals surface area contributed by atoms with Crippen molar-refractivity contribution in [2.75, 3.05) is 13.7 Å². The molecule has 2 atom stereocenters. The van der Waals surface area contributed by atoms with E-state index in [0.29, 0.717) is 19.4 Å². The number of hydrogen-bond acceptors (Lipinski definition) is 4. The Hall–Kier alpha value is -0.620. The molecule has 0 bridgehead atoms. The summed E-state index contributed by atoms with van der Waals surface area (Å²) in [5.74, 6) is -0.930. The van der Waals surface area contributed by atoms with Gasteiger partial charge in [0.05, 0.1) is 18.3 Å². The Labute approximate surface area is 116 Å². The van der Waals surface area contributed by atoms with Gasteiger partial charge in [-0.2, -0.15) is 0 Å². The number of hydrogen-bond donors (Lipinski definition) is 1. The standard InChI is InChI=1S/C13H25NO4S/c1-13(2,3)8-9-14-19(16,17)11-7-5-6-10(11)12(15)18-4/h10-11,14H,5-9H2,1-4H3. The number of ether oxygens (including phenoxy) is 1. The molecule has 0 aromatic heterocycles. The van der Waals surface area contributed by atoms with Gasteiger partial charge in [-0.1, -0.05) is 27.2 Å². The van der Waals surface area contributed by atoms with E-state index in [1.54, 1.807) is 0 Å². The number of esters is 1. The Bertz CT molecular complexity index is 411. The minimum atomic E-state index is -3.44. The Balaban J connectivity index is 2.64. The van der Waals surface area contributed by atoms with Crippen LogP contribution in [0.25, 0.3) is 0 Å². The molecule has 0 heterocycles. The first kappa shape index (κ1) is 16.4. The van der Waals surface area contributed by atoms with Gasteiger partial charge in [0.25, 0.3) is 0 Å². The molecule has 19 heavy (non-hydrogen) atoms. The zero-order valence-corrected chi connectivity index (χ0v) is 13.0. The molecule has 6 heteroatoms. The predicted octanol–water partition coefficient (Wildman–Crippen LogP) is 1.68. The van der Waals surface area contributed by atoms with E-state index in [2.05, 4.69) is 30.2 Å². The lowest BCUT2D eigenvalue weighted by Crippen LogP contribution is -2.40. The summed E-state index contributed by atoms with van der Waals surface area (Å²) in [7, 11) is -2.13. The lowest BCUT2D eigenvalue weighted by atomic mass is 9.93. The van der Waals surface area contributed by atoms with Crippen molar-refractivity contribution in [3.63, 3.8) is 0 Å². The van der Waals surface area contributed by atoms with Crippen LogP contribution in [0, 0.1) is 11.3 Å². The van der Waals surface area contributed by atoms with E-state index in [9.17, 15) is 13.2 Å². The molecule has 0 spiro atoms. The Morgan fingerprint density at radius 2 is 1.95 bits per heavy atom. The van der Waals surface area contributed by atoms with Crippen LogP contribution in [0.3, 0.4) is 0 Å². The van der Waals surface area contributed by atoms with Gasteiger partial charge in [0.15, 0.2) is 0 Å². The molecule has 2 unspecified atom stereocenters. The molecule has 1 fully saturated rings. The topological polar surface area (TPSA) is 72.5 Å². The molecule has 1 saturated carbocycles. The number of nitrogens with one attached hydrogen (secondary N) is 1. The van der Waals surface area contributed by atoms with E-state index in [-0.39, 0.29) is 5.41 Å². The van der Waals surface area contributed by atoms with Gasteiger partial charge < -0.3 is 4.74 Å². The molecular formula is C13H25NO4S. The minimum Gasteiger partial charge on any atom is -0.469 e. The average Bonchev–Trinajstić information content (AvgIpc) is 2.75. The lowest BCUT2D eigenvalue weighted by molar-refractivity contribution is -0.145. The number of carbonyl (C=O) groups excluding carboxylic acids is 1. The van der Waals surface area contributed by atoms with E-state index in [0.717, 1.165) is 12.8 Å². The highest BCUT2D eigenvalue weighted by Crippen LogP contribution is 2.31. The quantitative estimate of drug-likeness (QED) is 0.782. The normalized spacial score (nSPS) is 24.4. The minimum absolute atomic E-state index is 0.0833. The predicted molar refractivity (Wildman–Crippen MR) is 74.1 cm³/mol. The molecule has 0 aromatic carbocycles. The first-order valence-electron chi connectivity index (χ1n) is 6.74. The molecule has 0 aromatic rings. The maximum Gasteiger partial charge on any atom is 0.310 e. The van der Waals surface area contributed by atoms with E-state index in [4.69, 9.17) is 0 Å². The van der Waals surface area contributed by atoms with E-state index in [1.165, 1.54) is 7.11 Å². The van der Waals surface area contributed by atoms with Gasteiger partial charge >= 0.3 is 5.97 Å². The van der Waals surface area contributed by atoms with Crippen LogP contribution in [0.4, 0.5) is 0 Å². The van der Waals surface area contributed by atoms with Crippen molar-refractivity contribution < 1.29 is 17.9 Å². The first-order chi connectivity index (χ1) is 8.67. The third-order valence-corrected chi connectivity index (χ3v) is 5.50. The van der Waals surface area contributed by atoms with Crippen molar-refractivity contribution in [3.05, 3.63) is 0 Å². The number of rotatable bonds is 5. The van der Waals surface area contributed by atoms with Crippen LogP contribution < -0.4 is 4.72 Å². The molecule has 1 rings (SSSR count). The van der Waals surface area contributed by atoms with E-state index >= 15 is 0 Å². The third kappa shape index (κ3) is 4.76. The average molecular weight is 291 g/mol. The van der Waals surface area contributed by atoms with E-state index < -0.39 is 27.2 Å². The molecule has 0 amide bonds. The van der Waals surface area contributed by atoms with Gasteiger partial charge in [0, 0.05) is 6.54 Å². The van der Waals surface area contributed by atoms with Gasteiger partial charge in [-0.05, 0) is 24.7 Å². The second-order valence-electron chi connectivity index (χ2n) is 6.35. The van der Waals surface area contributed by atoms with Crippen LogP contribution in [0.15, 0.2) is 0 Å². The van der Waals surface area contributed by atoms with Crippen molar-refractivity contribution in [1.82, 2.24) is 4.72 Å². The number of sulfonamides is 1. The summed E-state index contributed by atoms with van der Waals surface area (Å²) in [6.07, 6.45) is 2.65. The van der Waals surface area contributed by atoms with Crippen molar-refractivity contribution in [2.24, 2.45) is 11.3 Å². The molecule has 0 radical (unpaired) electrons. The second kappa shape index (κ2) is 6.22. The molecular weight excluding hydrogens is 266 g/mol. The monoisotopic (exact) mass is 291 g/mol. The van der Waals surface area contributed by atoms with Crippen LogP contribution >= 0.6 is 0 Å². The summed E-state index contributed by atoms with van der Waals surface area (Å²) in [6.45, 7) is 6.60. The fourth-order valence-corrected chi connectivity index (χ4v) is 4.15. The van der Waals surface area contributed by atoms with Crippen molar-refractivity contribution in [1.29, 1.82) is 0 Å². The summed E-state index contributed by atoms with van der Waals surface area (Å²) in [4.78, 5) is 11.6. The summed E-state index contributed by atoms with van der Waals surface area (Å²) < 4.78 is 31.8. The number of carbonyl (C=O) groups is 1. The lowest BCUT2D eigenvalue weighted by Gasteiger charge is -2.21. The largest absolute Gasteiger partial charge is 0.469 e. The summed E-state index contributed by atoms with van der Waals surface area (Å²) in [5.41, 5.74) is 0.0833. The van der Waals surface area contributed by atoms with Gasteiger partial charge in [-0.3, -0.25) is 4.79 Å². The van der Waals surface area contributed by atoms with Gasteiger partial charge in [0.1, 0.15) is 0 Å². The summed E-state index contributed by atoms with van der Waals surface area (Å²) in [5, 5.41) is -0.639. The highest BCUT2D eigenvalue weighted by molar-refractivity contribution is 7.90. The highest BCUT2D eigenvalue weighted by Gasteiger charge is 2.42. The Kier molecular flexibility index (Phi) is 5.38. The second-order valence-corrected chi connectivity index (χ2v) is 8.33. The zero-order valence-electron chi connectivity index (χ0n) is 12.2. The molecule has 5 nitrogen and oxygen atoms in total. The molecule has 112 valence electrons. The van der Waals surface area contributed by atoms with Crippen molar-refractivity contribution in [2.45, 2.75) is 51.7 Å².